The smallest absolute Gasteiger partial charge is 0.185 e. The van der Waals surface area contributed by atoms with Crippen LogP contribution in [-0.2, 0) is 0 Å². The molecule has 2 rings (SSSR count). The van der Waals surface area contributed by atoms with Gasteiger partial charge in [-0.05, 0) is 17.7 Å². The van der Waals surface area contributed by atoms with Gasteiger partial charge in [0.15, 0.2) is 5.78 Å². The molecule has 1 atom stereocenters. The third-order valence-corrected chi connectivity index (χ3v) is 3.43. The lowest BCUT2D eigenvalue weighted by Gasteiger charge is -2.08. The van der Waals surface area contributed by atoms with Crippen molar-refractivity contribution in [1.82, 2.24) is 0 Å². The van der Waals surface area contributed by atoms with E-state index in [1.807, 2.05) is 42.5 Å². The molecule has 0 fully saturated rings. The molecule has 0 saturated heterocycles. The average molecular weight is 310 g/mol. The van der Waals surface area contributed by atoms with Crippen LogP contribution in [0.3, 0.4) is 0 Å². The first-order valence-corrected chi connectivity index (χ1v) is 6.40. The number of carbonyl (C=O) groups excluding carboxylic acids is 1. The summed E-state index contributed by atoms with van der Waals surface area (Å²) in [5.74, 6) is -0.0745. The van der Waals surface area contributed by atoms with Gasteiger partial charge in [-0.1, -0.05) is 58.4 Å². The van der Waals surface area contributed by atoms with Crippen molar-refractivity contribution in [3.63, 3.8) is 0 Å². The van der Waals surface area contributed by atoms with Crippen molar-refractivity contribution in [3.05, 3.63) is 70.2 Å². The summed E-state index contributed by atoms with van der Waals surface area (Å²) in [5, 5.41) is -0.634. The molecule has 0 aliphatic carbocycles. The van der Waals surface area contributed by atoms with E-state index in [1.165, 1.54) is 0 Å². The van der Waals surface area contributed by atoms with E-state index < -0.39 is 5.38 Å². The van der Waals surface area contributed by atoms with Crippen LogP contribution in [0.4, 0.5) is 0 Å². The second kappa shape index (κ2) is 5.48. The lowest BCUT2D eigenvalue weighted by atomic mass is 10.0. The Bertz CT molecular complexity index is 508. The number of ketones is 1. The van der Waals surface area contributed by atoms with Crippen molar-refractivity contribution in [1.29, 1.82) is 0 Å². The second-order valence-corrected chi connectivity index (χ2v) is 5.00. The molecular formula is C14H10BrClO. The molecule has 1 nitrogen and oxygen atoms in total. The molecule has 2 aromatic rings. The summed E-state index contributed by atoms with van der Waals surface area (Å²) in [6.45, 7) is 0. The highest BCUT2D eigenvalue weighted by Crippen LogP contribution is 2.26. The maximum Gasteiger partial charge on any atom is 0.185 e. The van der Waals surface area contributed by atoms with Crippen molar-refractivity contribution in [2.24, 2.45) is 0 Å². The minimum Gasteiger partial charge on any atom is -0.292 e. The minimum atomic E-state index is -0.634. The lowest BCUT2D eigenvalue weighted by Crippen LogP contribution is -2.07. The van der Waals surface area contributed by atoms with Crippen LogP contribution in [0, 0.1) is 0 Å². The molecule has 0 N–H and O–H groups in total. The fraction of sp³-hybridized carbons (Fsp3) is 0.0714. The van der Waals surface area contributed by atoms with E-state index in [4.69, 9.17) is 11.6 Å². The Kier molecular flexibility index (Phi) is 3.97. The van der Waals surface area contributed by atoms with E-state index in [9.17, 15) is 4.79 Å². The molecule has 17 heavy (non-hydrogen) atoms. The highest BCUT2D eigenvalue weighted by molar-refractivity contribution is 9.10. The molecule has 0 radical (unpaired) electrons. The second-order valence-electron chi connectivity index (χ2n) is 3.64. The molecule has 0 bridgehead atoms. The molecular weight excluding hydrogens is 300 g/mol. The van der Waals surface area contributed by atoms with Gasteiger partial charge in [-0.2, -0.15) is 0 Å². The maximum atomic E-state index is 12.1. The maximum absolute atomic E-state index is 12.1. The monoisotopic (exact) mass is 308 g/mol. The van der Waals surface area contributed by atoms with Gasteiger partial charge in [0.2, 0.25) is 0 Å². The first-order chi connectivity index (χ1) is 8.18. The molecule has 0 saturated carbocycles. The van der Waals surface area contributed by atoms with Gasteiger partial charge in [0.25, 0.3) is 0 Å². The van der Waals surface area contributed by atoms with E-state index in [0.717, 1.165) is 10.0 Å². The topological polar surface area (TPSA) is 17.1 Å². The normalized spacial score (nSPS) is 12.1. The first-order valence-electron chi connectivity index (χ1n) is 5.17. The molecule has 3 heteroatoms. The molecule has 0 heterocycles. The van der Waals surface area contributed by atoms with Crippen LogP contribution < -0.4 is 0 Å². The van der Waals surface area contributed by atoms with Crippen LogP contribution in [0.25, 0.3) is 0 Å². The van der Waals surface area contributed by atoms with Crippen LogP contribution in [0.5, 0.6) is 0 Å². The lowest BCUT2D eigenvalue weighted by molar-refractivity contribution is 0.0987. The van der Waals surface area contributed by atoms with Crippen molar-refractivity contribution in [2.75, 3.05) is 0 Å². The predicted molar refractivity (Wildman–Crippen MR) is 73.5 cm³/mol. The van der Waals surface area contributed by atoms with Crippen molar-refractivity contribution >= 4 is 33.3 Å². The standard InChI is InChI=1S/C14H10BrClO/c15-12-8-6-10(7-9-12)13(16)14(17)11-4-2-1-3-5-11/h1-9,13H. The molecule has 86 valence electrons. The highest BCUT2D eigenvalue weighted by atomic mass is 79.9. The van der Waals surface area contributed by atoms with Crippen LogP contribution in [-0.4, -0.2) is 5.78 Å². The summed E-state index contributed by atoms with van der Waals surface area (Å²) >= 11 is 9.53. The van der Waals surface area contributed by atoms with Crippen LogP contribution >= 0.6 is 27.5 Å². The molecule has 0 amide bonds. The van der Waals surface area contributed by atoms with E-state index in [1.54, 1.807) is 12.1 Å². The summed E-state index contributed by atoms with van der Waals surface area (Å²) in [4.78, 5) is 12.1. The van der Waals surface area contributed by atoms with Gasteiger partial charge in [0.1, 0.15) is 5.38 Å². The number of halogens is 2. The number of rotatable bonds is 3. The zero-order valence-electron chi connectivity index (χ0n) is 8.94. The van der Waals surface area contributed by atoms with Gasteiger partial charge in [-0.25, -0.2) is 0 Å². The summed E-state index contributed by atoms with van der Waals surface area (Å²) in [6.07, 6.45) is 0. The summed E-state index contributed by atoms with van der Waals surface area (Å²) < 4.78 is 0.970. The molecule has 0 aliphatic heterocycles. The van der Waals surface area contributed by atoms with Crippen molar-refractivity contribution in [2.45, 2.75) is 5.38 Å². The molecule has 0 aliphatic rings. The van der Waals surface area contributed by atoms with E-state index in [2.05, 4.69) is 15.9 Å². The zero-order valence-corrected chi connectivity index (χ0v) is 11.3. The molecule has 0 spiro atoms. The Hall–Kier alpha value is -1.12. The van der Waals surface area contributed by atoms with Gasteiger partial charge in [-0.3, -0.25) is 4.79 Å². The van der Waals surface area contributed by atoms with Crippen molar-refractivity contribution in [3.8, 4) is 0 Å². The van der Waals surface area contributed by atoms with E-state index in [-0.39, 0.29) is 5.78 Å². The number of benzene rings is 2. The van der Waals surface area contributed by atoms with E-state index >= 15 is 0 Å². The molecule has 0 aromatic heterocycles. The van der Waals surface area contributed by atoms with E-state index in [0.29, 0.717) is 5.56 Å². The number of alkyl halides is 1. The number of Topliss-reactive ketones (excluding diaryl/α,β-unsaturated/α-hetero) is 1. The summed E-state index contributed by atoms with van der Waals surface area (Å²) in [7, 11) is 0. The average Bonchev–Trinajstić information content (AvgIpc) is 2.39. The van der Waals surface area contributed by atoms with Crippen molar-refractivity contribution < 1.29 is 4.79 Å². The number of carbonyl (C=O) groups is 1. The number of hydrogen-bond donors (Lipinski definition) is 0. The summed E-state index contributed by atoms with van der Waals surface area (Å²) in [5.41, 5.74) is 1.44. The van der Waals surface area contributed by atoms with Gasteiger partial charge in [0.05, 0.1) is 0 Å². The fourth-order valence-electron chi connectivity index (χ4n) is 1.53. The van der Waals surface area contributed by atoms with Crippen LogP contribution in [0.2, 0.25) is 0 Å². The number of hydrogen-bond acceptors (Lipinski definition) is 1. The Balaban J connectivity index is 2.23. The Morgan fingerprint density at radius 2 is 1.59 bits per heavy atom. The quantitative estimate of drug-likeness (QED) is 0.597. The van der Waals surface area contributed by atoms with Crippen LogP contribution in [0.15, 0.2) is 59.1 Å². The summed E-state index contributed by atoms with van der Waals surface area (Å²) in [6, 6.07) is 16.5. The first kappa shape index (κ1) is 12.3. The Morgan fingerprint density at radius 1 is 1.00 bits per heavy atom. The highest BCUT2D eigenvalue weighted by Gasteiger charge is 2.18. The SMILES string of the molecule is O=C(c1ccccc1)C(Cl)c1ccc(Br)cc1. The third-order valence-electron chi connectivity index (χ3n) is 2.45. The Labute approximate surface area is 114 Å². The largest absolute Gasteiger partial charge is 0.292 e. The Morgan fingerprint density at radius 3 is 2.18 bits per heavy atom. The fourth-order valence-corrected chi connectivity index (χ4v) is 2.07. The predicted octanol–water partition coefficient (Wildman–Crippen LogP) is 4.61. The minimum absolute atomic E-state index is 0.0745. The van der Waals surface area contributed by atoms with Gasteiger partial charge < -0.3 is 0 Å². The van der Waals surface area contributed by atoms with Crippen LogP contribution in [0.1, 0.15) is 21.3 Å². The third kappa shape index (κ3) is 2.96. The van der Waals surface area contributed by atoms with Gasteiger partial charge >= 0.3 is 0 Å². The van der Waals surface area contributed by atoms with Gasteiger partial charge in [-0.15, -0.1) is 11.6 Å². The van der Waals surface area contributed by atoms with Gasteiger partial charge in [0, 0.05) is 10.0 Å². The zero-order chi connectivity index (χ0) is 12.3. The molecule has 2 aromatic carbocycles. The molecule has 1 unspecified atom stereocenters.